The van der Waals surface area contributed by atoms with Crippen molar-refractivity contribution < 1.29 is 0 Å². The molecule has 0 aromatic carbocycles. The molecule has 23 heavy (non-hydrogen) atoms. The predicted octanol–water partition coefficient (Wildman–Crippen LogP) is 0.541. The van der Waals surface area contributed by atoms with E-state index in [1.54, 1.807) is 7.05 Å². The van der Waals surface area contributed by atoms with Gasteiger partial charge < -0.3 is 21.7 Å². The zero-order valence-electron chi connectivity index (χ0n) is 13.6. The quantitative estimate of drug-likeness (QED) is 0.549. The number of nitrogens with two attached hydrogens (primary N) is 2. The average Bonchev–Trinajstić information content (AvgIpc) is 3.41. The number of fused-ring (bicyclic) bond motifs is 1. The van der Waals surface area contributed by atoms with Crippen molar-refractivity contribution in [3.8, 4) is 0 Å². The summed E-state index contributed by atoms with van der Waals surface area (Å²) in [5, 5.41) is 9.95. The number of anilines is 3. The van der Waals surface area contributed by atoms with Gasteiger partial charge in [0, 0.05) is 20.0 Å². The van der Waals surface area contributed by atoms with E-state index in [-0.39, 0.29) is 5.95 Å². The Hall–Kier alpha value is -2.09. The van der Waals surface area contributed by atoms with Gasteiger partial charge >= 0.3 is 0 Å². The van der Waals surface area contributed by atoms with Crippen LogP contribution in [-0.4, -0.2) is 35.7 Å². The molecule has 8 heteroatoms. The fraction of sp³-hybridized carbons (Fsp3) is 0.667. The fourth-order valence-electron chi connectivity index (χ4n) is 3.81. The lowest BCUT2D eigenvalue weighted by Gasteiger charge is -2.44. The number of nitrogens with one attached hydrogen (secondary N) is 3. The maximum atomic E-state index is 6.81. The lowest BCUT2D eigenvalue weighted by Crippen LogP contribution is -2.69. The summed E-state index contributed by atoms with van der Waals surface area (Å²) in [6, 6.07) is 0. The first-order valence-electron chi connectivity index (χ1n) is 8.23. The number of hydrogen-bond donors (Lipinski definition) is 5. The molecule has 3 aliphatic rings. The molecule has 0 saturated heterocycles. The molecule has 1 aromatic heterocycles. The Labute approximate surface area is 135 Å². The van der Waals surface area contributed by atoms with Gasteiger partial charge in [-0.15, -0.1) is 0 Å². The van der Waals surface area contributed by atoms with Crippen LogP contribution in [0.1, 0.15) is 31.4 Å². The highest BCUT2D eigenvalue weighted by atomic mass is 15.4. The lowest BCUT2D eigenvalue weighted by atomic mass is 9.88. The Kier molecular flexibility index (Phi) is 3.12. The zero-order chi connectivity index (χ0) is 16.2. The first-order chi connectivity index (χ1) is 11.1. The van der Waals surface area contributed by atoms with E-state index < -0.39 is 5.79 Å². The largest absolute Gasteiger partial charge is 0.371 e. The Bertz CT molecular complexity index is 652. The lowest BCUT2D eigenvalue weighted by molar-refractivity contribution is 0.219. The molecule has 8 nitrogen and oxygen atoms in total. The van der Waals surface area contributed by atoms with Crippen LogP contribution in [0.5, 0.6) is 0 Å². The smallest absolute Gasteiger partial charge is 0.222 e. The highest BCUT2D eigenvalue weighted by Crippen LogP contribution is 2.53. The van der Waals surface area contributed by atoms with Crippen molar-refractivity contribution in [3.63, 3.8) is 0 Å². The molecule has 2 heterocycles. The fourth-order valence-corrected chi connectivity index (χ4v) is 3.81. The minimum Gasteiger partial charge on any atom is -0.371 e. The van der Waals surface area contributed by atoms with Gasteiger partial charge in [0.05, 0.1) is 0 Å². The van der Waals surface area contributed by atoms with E-state index in [2.05, 4.69) is 30.9 Å². The van der Waals surface area contributed by atoms with Crippen LogP contribution in [-0.2, 0) is 0 Å². The van der Waals surface area contributed by atoms with E-state index in [4.69, 9.17) is 11.5 Å². The van der Waals surface area contributed by atoms with Crippen LogP contribution in [0.25, 0.3) is 0 Å². The van der Waals surface area contributed by atoms with Crippen LogP contribution in [0.3, 0.4) is 0 Å². The van der Waals surface area contributed by atoms with Crippen molar-refractivity contribution in [2.24, 2.45) is 28.5 Å². The van der Waals surface area contributed by atoms with Crippen LogP contribution in [0.2, 0.25) is 0 Å². The third-order valence-corrected chi connectivity index (χ3v) is 5.05. The Balaban J connectivity index is 1.79. The summed E-state index contributed by atoms with van der Waals surface area (Å²) in [5.41, 5.74) is 14.1. The SMILES string of the molecule is CN=C1NC(N)(C(C2CC2)C2CC2)Nc2c(NC)nc(N)nc21. The predicted molar refractivity (Wildman–Crippen MR) is 91.1 cm³/mol. The summed E-state index contributed by atoms with van der Waals surface area (Å²) in [6.07, 6.45) is 5.02. The third-order valence-electron chi connectivity index (χ3n) is 5.05. The number of hydrogen-bond acceptors (Lipinski definition) is 7. The molecular formula is C15H24N8. The highest BCUT2D eigenvalue weighted by Gasteiger charge is 2.54. The zero-order valence-corrected chi connectivity index (χ0v) is 13.6. The van der Waals surface area contributed by atoms with Crippen LogP contribution < -0.4 is 27.4 Å². The molecule has 2 saturated carbocycles. The minimum atomic E-state index is -0.727. The molecule has 2 fully saturated rings. The van der Waals surface area contributed by atoms with Gasteiger partial charge in [0.2, 0.25) is 5.95 Å². The first-order valence-corrected chi connectivity index (χ1v) is 8.23. The van der Waals surface area contributed by atoms with Gasteiger partial charge in [-0.3, -0.25) is 10.7 Å². The van der Waals surface area contributed by atoms with Crippen LogP contribution >= 0.6 is 0 Å². The molecule has 0 spiro atoms. The van der Waals surface area contributed by atoms with Gasteiger partial charge in [-0.25, -0.2) is 4.98 Å². The van der Waals surface area contributed by atoms with Gasteiger partial charge in [-0.2, -0.15) is 4.98 Å². The number of aliphatic imine (C=N–C) groups is 1. The van der Waals surface area contributed by atoms with Gasteiger partial charge in [-0.05, 0) is 37.5 Å². The number of nitrogen functional groups attached to an aromatic ring is 1. The van der Waals surface area contributed by atoms with Gasteiger partial charge in [0.15, 0.2) is 17.4 Å². The number of rotatable bonds is 4. The second kappa shape index (κ2) is 4.95. The van der Waals surface area contributed by atoms with E-state index >= 15 is 0 Å². The van der Waals surface area contributed by atoms with E-state index in [1.165, 1.54) is 25.7 Å². The van der Waals surface area contributed by atoms with Crippen molar-refractivity contribution >= 4 is 23.3 Å². The molecule has 2 aliphatic carbocycles. The molecule has 1 unspecified atom stereocenters. The first kappa shape index (κ1) is 14.5. The molecular weight excluding hydrogens is 292 g/mol. The minimum absolute atomic E-state index is 0.211. The van der Waals surface area contributed by atoms with E-state index in [0.717, 1.165) is 5.69 Å². The number of amidine groups is 1. The van der Waals surface area contributed by atoms with Gasteiger partial charge in [-0.1, -0.05) is 0 Å². The second-order valence-electron chi connectivity index (χ2n) is 6.80. The molecule has 7 N–H and O–H groups in total. The molecule has 4 rings (SSSR count). The van der Waals surface area contributed by atoms with E-state index in [9.17, 15) is 0 Å². The van der Waals surface area contributed by atoms with Crippen LogP contribution in [0.15, 0.2) is 4.99 Å². The van der Waals surface area contributed by atoms with Crippen molar-refractivity contribution in [3.05, 3.63) is 5.69 Å². The highest BCUT2D eigenvalue weighted by molar-refractivity contribution is 6.06. The van der Waals surface area contributed by atoms with E-state index in [0.29, 0.717) is 35.1 Å². The third kappa shape index (κ3) is 2.37. The summed E-state index contributed by atoms with van der Waals surface area (Å²) in [7, 11) is 3.55. The number of aromatic nitrogens is 2. The van der Waals surface area contributed by atoms with Gasteiger partial charge in [0.1, 0.15) is 11.4 Å². The van der Waals surface area contributed by atoms with Crippen molar-refractivity contribution in [2.75, 3.05) is 30.5 Å². The normalized spacial score (nSPS) is 28.3. The Morgan fingerprint density at radius 1 is 1.22 bits per heavy atom. The topological polar surface area (TPSA) is 126 Å². The van der Waals surface area contributed by atoms with Crippen LogP contribution in [0.4, 0.5) is 17.5 Å². The monoisotopic (exact) mass is 316 g/mol. The Morgan fingerprint density at radius 2 is 1.87 bits per heavy atom. The molecule has 1 atom stereocenters. The van der Waals surface area contributed by atoms with Crippen molar-refractivity contribution in [1.29, 1.82) is 0 Å². The molecule has 1 aliphatic heterocycles. The maximum Gasteiger partial charge on any atom is 0.222 e. The summed E-state index contributed by atoms with van der Waals surface area (Å²) >= 11 is 0. The van der Waals surface area contributed by atoms with Crippen molar-refractivity contribution in [1.82, 2.24) is 15.3 Å². The summed E-state index contributed by atoms with van der Waals surface area (Å²) < 4.78 is 0. The molecule has 0 amide bonds. The molecule has 1 aromatic rings. The van der Waals surface area contributed by atoms with E-state index in [1.807, 2.05) is 7.05 Å². The summed E-state index contributed by atoms with van der Waals surface area (Å²) in [5.74, 6) is 2.54. The average molecular weight is 316 g/mol. The van der Waals surface area contributed by atoms with Crippen molar-refractivity contribution in [2.45, 2.75) is 31.5 Å². The second-order valence-corrected chi connectivity index (χ2v) is 6.80. The molecule has 0 radical (unpaired) electrons. The summed E-state index contributed by atoms with van der Waals surface area (Å²) in [6.45, 7) is 0. The maximum absolute atomic E-state index is 6.81. The number of nitrogens with zero attached hydrogens (tertiary/aromatic N) is 3. The van der Waals surface area contributed by atoms with Gasteiger partial charge in [0.25, 0.3) is 0 Å². The van der Waals surface area contributed by atoms with Crippen LogP contribution in [0, 0.1) is 17.8 Å². The molecule has 0 bridgehead atoms. The standard InChI is InChI=1S/C15H24N8/c1-18-12-11-10(20-14(16)21-12)13(19-2)23-15(17,22-11)9(7-3-4-7)8-5-6-8/h7-9,22H,3-6,17H2,1-2H3,(H,19,23)(H3,16,18,20,21). The summed E-state index contributed by atoms with van der Waals surface area (Å²) in [4.78, 5) is 13.0. The molecule has 124 valence electrons. The Morgan fingerprint density at radius 3 is 2.39 bits per heavy atom.